The van der Waals surface area contributed by atoms with Gasteiger partial charge in [-0.15, -0.1) is 88.0 Å². The van der Waals surface area contributed by atoms with Crippen LogP contribution in [0.15, 0.2) is 110 Å². The van der Waals surface area contributed by atoms with Crippen molar-refractivity contribution in [3.8, 4) is 33.8 Å². The van der Waals surface area contributed by atoms with Gasteiger partial charge in [0.25, 0.3) is 0 Å². The van der Waals surface area contributed by atoms with Gasteiger partial charge in [-0.3, -0.25) is 0 Å². The SMILES string of the molecule is Cc1c[c-]c(-c2ccccn2)cc1N.Cc1c[c-]c(-c2ccccn2)cc1N.Cc1c[c-]c(-c2ccccn2)cc1N.[Ir+3]. The van der Waals surface area contributed by atoms with Crippen molar-refractivity contribution in [3.63, 3.8) is 0 Å². The van der Waals surface area contributed by atoms with E-state index in [1.165, 1.54) is 0 Å². The van der Waals surface area contributed by atoms with Gasteiger partial charge in [-0.1, -0.05) is 74.2 Å². The quantitative estimate of drug-likeness (QED) is 0.129. The summed E-state index contributed by atoms with van der Waals surface area (Å²) in [7, 11) is 0. The predicted octanol–water partition coefficient (Wildman–Crippen LogP) is 7.32. The molecule has 0 spiro atoms. The summed E-state index contributed by atoms with van der Waals surface area (Å²) in [6, 6.07) is 38.2. The summed E-state index contributed by atoms with van der Waals surface area (Å²) in [6.45, 7) is 5.90. The molecule has 6 nitrogen and oxygen atoms in total. The van der Waals surface area contributed by atoms with E-state index in [2.05, 4.69) is 33.2 Å². The number of hydrogen-bond donors (Lipinski definition) is 3. The molecule has 216 valence electrons. The smallest absolute Gasteiger partial charge is 0.414 e. The van der Waals surface area contributed by atoms with Gasteiger partial charge in [-0.2, -0.15) is 0 Å². The second-order valence-electron chi connectivity index (χ2n) is 9.60. The molecule has 0 atom stereocenters. The monoisotopic (exact) mass is 742 g/mol. The fourth-order valence-corrected chi connectivity index (χ4v) is 3.75. The Balaban J connectivity index is 0.000000175. The standard InChI is InChI=1S/3C12H11N2.Ir/c3*1-9-5-6-10(8-11(9)13)12-4-2-3-7-14-12;/h3*2-5,7-8H,13H2,1H3;/q3*-1;+3. The third-order valence-electron chi connectivity index (χ3n) is 6.42. The Morgan fingerprint density at radius 2 is 0.744 bits per heavy atom. The molecule has 0 aliphatic carbocycles. The fourth-order valence-electron chi connectivity index (χ4n) is 3.75. The topological polar surface area (TPSA) is 117 Å². The zero-order chi connectivity index (χ0) is 29.9. The number of hydrogen-bond acceptors (Lipinski definition) is 6. The molecule has 0 aliphatic heterocycles. The van der Waals surface area contributed by atoms with Gasteiger partial charge >= 0.3 is 20.1 Å². The molecule has 6 N–H and O–H groups in total. The molecular formula is C36H33IrN6. The molecule has 6 aromatic rings. The second-order valence-corrected chi connectivity index (χ2v) is 9.60. The second kappa shape index (κ2) is 16.0. The fraction of sp³-hybridized carbons (Fsp3) is 0.0833. The zero-order valence-corrected chi connectivity index (χ0v) is 26.7. The molecule has 3 aromatic heterocycles. The molecule has 0 bridgehead atoms. The van der Waals surface area contributed by atoms with Gasteiger partial charge in [0.05, 0.1) is 0 Å². The van der Waals surface area contributed by atoms with Crippen LogP contribution in [-0.4, -0.2) is 15.0 Å². The minimum Gasteiger partial charge on any atom is -0.414 e. The maximum Gasteiger partial charge on any atom is 3.00 e. The van der Waals surface area contributed by atoms with Crippen LogP contribution in [-0.2, 0) is 20.1 Å². The molecule has 0 fully saturated rings. The molecule has 0 saturated carbocycles. The van der Waals surface area contributed by atoms with Crippen molar-refractivity contribution in [3.05, 3.63) is 144 Å². The maximum atomic E-state index is 5.81. The van der Waals surface area contributed by atoms with E-state index in [0.29, 0.717) is 0 Å². The van der Waals surface area contributed by atoms with Gasteiger partial charge in [-0.25, -0.2) is 0 Å². The number of benzene rings is 3. The molecule has 6 rings (SSSR count). The van der Waals surface area contributed by atoms with E-state index in [1.807, 2.05) is 112 Å². The third-order valence-corrected chi connectivity index (χ3v) is 6.42. The minimum absolute atomic E-state index is 0. The number of rotatable bonds is 3. The van der Waals surface area contributed by atoms with Crippen LogP contribution in [0.25, 0.3) is 33.8 Å². The van der Waals surface area contributed by atoms with Crippen molar-refractivity contribution in [2.45, 2.75) is 20.8 Å². The summed E-state index contributed by atoms with van der Waals surface area (Å²) in [5.41, 5.74) is 28.4. The van der Waals surface area contributed by atoms with Crippen molar-refractivity contribution in [2.24, 2.45) is 0 Å². The number of aryl methyl sites for hydroxylation is 3. The number of nitrogens with two attached hydrogens (primary N) is 3. The van der Waals surface area contributed by atoms with Gasteiger partial charge < -0.3 is 32.2 Å². The summed E-state index contributed by atoms with van der Waals surface area (Å²) in [6.07, 6.45) is 5.29. The van der Waals surface area contributed by atoms with Crippen molar-refractivity contribution in [1.29, 1.82) is 0 Å². The van der Waals surface area contributed by atoms with E-state index < -0.39 is 0 Å². The Bertz CT molecular complexity index is 1520. The number of nitrogen functional groups attached to an aromatic ring is 3. The van der Waals surface area contributed by atoms with Crippen LogP contribution in [0.2, 0.25) is 0 Å². The van der Waals surface area contributed by atoms with Crippen LogP contribution in [0.4, 0.5) is 17.1 Å². The molecule has 3 heterocycles. The first kappa shape index (κ1) is 32.7. The van der Waals surface area contributed by atoms with Crippen molar-refractivity contribution >= 4 is 17.1 Å². The molecule has 43 heavy (non-hydrogen) atoms. The molecule has 0 unspecified atom stereocenters. The Morgan fingerprint density at radius 3 is 0.953 bits per heavy atom. The molecule has 0 saturated heterocycles. The minimum atomic E-state index is 0. The normalized spacial score (nSPS) is 9.84. The largest absolute Gasteiger partial charge is 3.00 e. The Kier molecular flexibility index (Phi) is 12.1. The molecule has 0 radical (unpaired) electrons. The molecule has 0 amide bonds. The van der Waals surface area contributed by atoms with E-state index >= 15 is 0 Å². The number of anilines is 3. The molecule has 3 aromatic carbocycles. The van der Waals surface area contributed by atoms with Crippen LogP contribution in [0.5, 0.6) is 0 Å². The Hall–Kier alpha value is -4.84. The summed E-state index contributed by atoms with van der Waals surface area (Å²) in [5, 5.41) is 0. The third kappa shape index (κ3) is 9.33. The van der Waals surface area contributed by atoms with E-state index in [-0.39, 0.29) is 20.1 Å². The van der Waals surface area contributed by atoms with Crippen molar-refractivity contribution < 1.29 is 20.1 Å². The number of pyridine rings is 3. The van der Waals surface area contributed by atoms with Crippen LogP contribution in [0.3, 0.4) is 0 Å². The zero-order valence-electron chi connectivity index (χ0n) is 24.3. The first-order valence-electron chi connectivity index (χ1n) is 13.4. The predicted molar refractivity (Wildman–Crippen MR) is 173 cm³/mol. The van der Waals surface area contributed by atoms with E-state index in [9.17, 15) is 0 Å². The summed E-state index contributed by atoms with van der Waals surface area (Å²) < 4.78 is 0. The van der Waals surface area contributed by atoms with Crippen LogP contribution in [0, 0.1) is 39.0 Å². The average molecular weight is 742 g/mol. The summed E-state index contributed by atoms with van der Waals surface area (Å²) in [5.74, 6) is 0. The summed E-state index contributed by atoms with van der Waals surface area (Å²) in [4.78, 5) is 12.7. The van der Waals surface area contributed by atoms with Crippen LogP contribution >= 0.6 is 0 Å². The van der Waals surface area contributed by atoms with Gasteiger partial charge in [-0.05, 0) is 35.3 Å². The van der Waals surface area contributed by atoms with Gasteiger partial charge in [0.1, 0.15) is 0 Å². The Morgan fingerprint density at radius 1 is 0.465 bits per heavy atom. The van der Waals surface area contributed by atoms with Crippen molar-refractivity contribution in [1.82, 2.24) is 15.0 Å². The average Bonchev–Trinajstić information content (AvgIpc) is 3.03. The summed E-state index contributed by atoms with van der Waals surface area (Å²) >= 11 is 0. The number of aromatic nitrogens is 3. The van der Waals surface area contributed by atoms with Crippen LogP contribution in [0.1, 0.15) is 16.7 Å². The molecular weight excluding hydrogens is 709 g/mol. The van der Waals surface area contributed by atoms with Gasteiger partial charge in [0.2, 0.25) is 0 Å². The van der Waals surface area contributed by atoms with Gasteiger partial charge in [0, 0.05) is 18.6 Å². The first-order valence-corrected chi connectivity index (χ1v) is 13.4. The van der Waals surface area contributed by atoms with Gasteiger partial charge in [0.15, 0.2) is 0 Å². The van der Waals surface area contributed by atoms with E-state index in [4.69, 9.17) is 17.2 Å². The van der Waals surface area contributed by atoms with Crippen molar-refractivity contribution in [2.75, 3.05) is 17.2 Å². The first-order chi connectivity index (χ1) is 20.3. The molecule has 7 heteroatoms. The van der Waals surface area contributed by atoms with E-state index in [0.717, 1.165) is 67.5 Å². The van der Waals surface area contributed by atoms with E-state index in [1.54, 1.807) is 18.6 Å². The number of nitrogens with zero attached hydrogens (tertiary/aromatic N) is 3. The van der Waals surface area contributed by atoms with Crippen LogP contribution < -0.4 is 17.2 Å². The maximum absolute atomic E-state index is 5.81. The Labute approximate surface area is 267 Å². The molecule has 0 aliphatic rings.